The van der Waals surface area contributed by atoms with Crippen LogP contribution in [0.25, 0.3) is 44.4 Å². The highest BCUT2D eigenvalue weighted by Crippen LogP contribution is 2.37. The van der Waals surface area contributed by atoms with Crippen LogP contribution in [0.4, 0.5) is 0 Å². The molecule has 7 aromatic rings. The van der Waals surface area contributed by atoms with Gasteiger partial charge in [0.2, 0.25) is 0 Å². The van der Waals surface area contributed by atoms with Crippen molar-refractivity contribution in [2.75, 3.05) is 0 Å². The second-order valence-corrected chi connectivity index (χ2v) is 13.5. The molecule has 7 rings (SSSR count). The van der Waals surface area contributed by atoms with Crippen molar-refractivity contribution in [1.82, 2.24) is 19.3 Å². The van der Waals surface area contributed by atoms with Crippen LogP contribution in [-0.4, -0.2) is 19.3 Å². The molecule has 0 saturated heterocycles. The normalized spacial score (nSPS) is 12.0. The van der Waals surface area contributed by atoms with Gasteiger partial charge in [-0.2, -0.15) is 5.10 Å². The first kappa shape index (κ1) is 29.5. The number of nitrogens with zero attached hydrogens (tertiary/aromatic N) is 4. The lowest BCUT2D eigenvalue weighted by molar-refractivity contribution is 0.481. The van der Waals surface area contributed by atoms with Gasteiger partial charge in [0.1, 0.15) is 17.3 Å². The second kappa shape index (κ2) is 11.3. The van der Waals surface area contributed by atoms with Crippen molar-refractivity contribution in [2.45, 2.75) is 59.8 Å². The third-order valence-electron chi connectivity index (χ3n) is 8.90. The molecule has 0 aliphatic heterocycles. The molecule has 0 N–H and O–H groups in total. The van der Waals surface area contributed by atoms with Crippen LogP contribution in [0.1, 0.15) is 63.1 Å². The molecule has 3 heterocycles. The largest absolute Gasteiger partial charge is 0.457 e. The van der Waals surface area contributed by atoms with Gasteiger partial charge in [-0.3, -0.25) is 4.57 Å². The minimum Gasteiger partial charge on any atom is -0.457 e. The monoisotopic (exact) mass is 604 g/mol. The number of aromatic nitrogens is 4. The van der Waals surface area contributed by atoms with Crippen molar-refractivity contribution in [3.8, 4) is 34.1 Å². The number of benzene rings is 4. The Morgan fingerprint density at radius 3 is 2.22 bits per heavy atom. The fourth-order valence-electron chi connectivity index (χ4n) is 6.44. The van der Waals surface area contributed by atoms with E-state index in [2.05, 4.69) is 150 Å². The highest BCUT2D eigenvalue weighted by atomic mass is 16.5. The molecule has 0 aliphatic carbocycles. The molecule has 0 unspecified atom stereocenters. The smallest absolute Gasteiger partial charge is 0.137 e. The van der Waals surface area contributed by atoms with E-state index in [0.29, 0.717) is 5.92 Å². The van der Waals surface area contributed by atoms with Crippen LogP contribution in [0.15, 0.2) is 109 Å². The van der Waals surface area contributed by atoms with E-state index >= 15 is 0 Å². The molecule has 5 nitrogen and oxygen atoms in total. The minimum absolute atomic E-state index is 0.0111. The lowest BCUT2D eigenvalue weighted by atomic mass is 9.88. The summed E-state index contributed by atoms with van der Waals surface area (Å²) in [7, 11) is 0. The third-order valence-corrected chi connectivity index (χ3v) is 8.90. The summed E-state index contributed by atoms with van der Waals surface area (Å²) in [4.78, 5) is 4.84. The summed E-state index contributed by atoms with van der Waals surface area (Å²) in [6.45, 7) is 15.3. The maximum Gasteiger partial charge on any atom is 0.137 e. The summed E-state index contributed by atoms with van der Waals surface area (Å²) in [5, 5.41) is 7.35. The highest BCUT2D eigenvalue weighted by molar-refractivity contribution is 6.09. The summed E-state index contributed by atoms with van der Waals surface area (Å²) in [6.07, 6.45) is 1.91. The number of aryl methyl sites for hydroxylation is 1. The zero-order chi connectivity index (χ0) is 32.2. The summed E-state index contributed by atoms with van der Waals surface area (Å²) < 4.78 is 11.0. The predicted molar refractivity (Wildman–Crippen MR) is 190 cm³/mol. The Kier molecular flexibility index (Phi) is 7.28. The van der Waals surface area contributed by atoms with Crippen LogP contribution in [0.5, 0.6) is 11.5 Å². The summed E-state index contributed by atoms with van der Waals surface area (Å²) in [6, 6.07) is 36.1. The lowest BCUT2D eigenvalue weighted by Crippen LogP contribution is -2.12. The van der Waals surface area contributed by atoms with E-state index < -0.39 is 0 Å². The molecule has 230 valence electrons. The number of hydrogen-bond donors (Lipinski definition) is 0. The second-order valence-electron chi connectivity index (χ2n) is 13.5. The van der Waals surface area contributed by atoms with Crippen LogP contribution in [0, 0.1) is 13.8 Å². The molecule has 0 spiro atoms. The van der Waals surface area contributed by atoms with Crippen molar-refractivity contribution in [1.29, 1.82) is 0 Å². The van der Waals surface area contributed by atoms with Gasteiger partial charge in [0, 0.05) is 40.4 Å². The van der Waals surface area contributed by atoms with Gasteiger partial charge >= 0.3 is 0 Å². The van der Waals surface area contributed by atoms with E-state index in [-0.39, 0.29) is 5.41 Å². The van der Waals surface area contributed by atoms with Gasteiger partial charge < -0.3 is 4.74 Å². The van der Waals surface area contributed by atoms with Gasteiger partial charge in [-0.05, 0) is 84.3 Å². The maximum absolute atomic E-state index is 6.69. The molecule has 0 saturated carbocycles. The van der Waals surface area contributed by atoms with Crippen LogP contribution < -0.4 is 4.74 Å². The summed E-state index contributed by atoms with van der Waals surface area (Å²) >= 11 is 0. The molecule has 3 aromatic heterocycles. The van der Waals surface area contributed by atoms with Crippen LogP contribution in [0.2, 0.25) is 0 Å². The molecule has 0 fully saturated rings. The van der Waals surface area contributed by atoms with Crippen LogP contribution >= 0.6 is 0 Å². The SMILES string of the molecule is Cc1nn(-c2cc(Oc3ccc4c5ccccc5n(-c5cc(C(C)(C)C)ccn5)c4c3)cc(C(C)C)c2)c(C)c1-c1ccccc1. The van der Waals surface area contributed by atoms with Crippen molar-refractivity contribution < 1.29 is 4.74 Å². The van der Waals surface area contributed by atoms with Gasteiger partial charge in [0.05, 0.1) is 22.4 Å². The molecule has 0 atom stereocenters. The van der Waals surface area contributed by atoms with Gasteiger partial charge in [-0.15, -0.1) is 0 Å². The fraction of sp³-hybridized carbons (Fsp3) is 0.220. The zero-order valence-electron chi connectivity index (χ0n) is 27.7. The van der Waals surface area contributed by atoms with E-state index in [1.807, 2.05) is 16.9 Å². The molecule has 0 bridgehead atoms. The van der Waals surface area contributed by atoms with E-state index in [1.165, 1.54) is 33.0 Å². The Balaban J connectivity index is 1.34. The number of fused-ring (bicyclic) bond motifs is 3. The summed E-state index contributed by atoms with van der Waals surface area (Å²) in [5.74, 6) is 2.77. The average Bonchev–Trinajstić information content (AvgIpc) is 3.53. The van der Waals surface area contributed by atoms with Crippen molar-refractivity contribution in [3.05, 3.63) is 132 Å². The van der Waals surface area contributed by atoms with Crippen molar-refractivity contribution >= 4 is 21.8 Å². The minimum atomic E-state index is 0.0111. The quantitative estimate of drug-likeness (QED) is 0.190. The molecular weight excluding hydrogens is 564 g/mol. The first-order valence-corrected chi connectivity index (χ1v) is 16.0. The van der Waals surface area contributed by atoms with E-state index in [4.69, 9.17) is 14.8 Å². The number of para-hydroxylation sites is 1. The Morgan fingerprint density at radius 1 is 0.717 bits per heavy atom. The molecule has 0 aliphatic rings. The van der Waals surface area contributed by atoms with Crippen LogP contribution in [0.3, 0.4) is 0 Å². The van der Waals surface area contributed by atoms with E-state index in [9.17, 15) is 0 Å². The standard InChI is InChI=1S/C41H40N4O/c1-26(2)30-21-32(45-28(4)40(27(3)43-45)29-13-9-8-10-14-29)24-34(22-30)46-33-17-18-36-35-15-11-12-16-37(35)44(38(36)25-33)39-23-31(19-20-42-39)41(5,6)7/h8-26H,1-7H3. The van der Waals surface area contributed by atoms with E-state index in [0.717, 1.165) is 45.4 Å². The third kappa shape index (κ3) is 5.26. The van der Waals surface area contributed by atoms with Gasteiger partial charge in [-0.1, -0.05) is 83.1 Å². The predicted octanol–water partition coefficient (Wildman–Crippen LogP) is 10.9. The molecular formula is C41H40N4O. The summed E-state index contributed by atoms with van der Waals surface area (Å²) in [5.41, 5.74) is 10.1. The van der Waals surface area contributed by atoms with Gasteiger partial charge in [-0.25, -0.2) is 9.67 Å². The number of hydrogen-bond acceptors (Lipinski definition) is 3. The maximum atomic E-state index is 6.69. The van der Waals surface area contributed by atoms with Gasteiger partial charge in [0.25, 0.3) is 0 Å². The topological polar surface area (TPSA) is 44.9 Å². The van der Waals surface area contributed by atoms with Crippen molar-refractivity contribution in [2.24, 2.45) is 0 Å². The highest BCUT2D eigenvalue weighted by Gasteiger charge is 2.19. The molecule has 0 amide bonds. The Labute approximate surface area is 271 Å². The molecule has 5 heteroatoms. The molecule has 0 radical (unpaired) electrons. The lowest BCUT2D eigenvalue weighted by Gasteiger charge is -2.20. The average molecular weight is 605 g/mol. The Hall–Kier alpha value is -5.16. The Bertz CT molecular complexity index is 2210. The van der Waals surface area contributed by atoms with Crippen LogP contribution in [-0.2, 0) is 5.41 Å². The number of rotatable bonds is 6. The molecule has 4 aromatic carbocycles. The number of ether oxygens (including phenoxy) is 1. The van der Waals surface area contributed by atoms with Gasteiger partial charge in [0.15, 0.2) is 0 Å². The fourth-order valence-corrected chi connectivity index (χ4v) is 6.44. The Morgan fingerprint density at radius 2 is 1.46 bits per heavy atom. The molecule has 46 heavy (non-hydrogen) atoms. The van der Waals surface area contributed by atoms with E-state index in [1.54, 1.807) is 0 Å². The zero-order valence-corrected chi connectivity index (χ0v) is 27.7. The number of pyridine rings is 1. The first-order chi connectivity index (χ1) is 22.1. The first-order valence-electron chi connectivity index (χ1n) is 16.0. The van der Waals surface area contributed by atoms with Crippen molar-refractivity contribution in [3.63, 3.8) is 0 Å².